The second-order valence-corrected chi connectivity index (χ2v) is 6.57. The van der Waals surface area contributed by atoms with Gasteiger partial charge in [-0.2, -0.15) is 13.2 Å². The molecule has 8 heteroatoms. The van der Waals surface area contributed by atoms with Crippen LogP contribution >= 0.6 is 11.6 Å². The van der Waals surface area contributed by atoms with Gasteiger partial charge in [0, 0.05) is 18.8 Å². The van der Waals surface area contributed by atoms with Gasteiger partial charge in [0.05, 0.1) is 5.75 Å². The molecule has 0 aromatic rings. The Morgan fingerprint density at radius 1 is 1.28 bits per heavy atom. The molecule has 1 unspecified atom stereocenters. The monoisotopic (exact) mass is 309 g/mol. The highest BCUT2D eigenvalue weighted by atomic mass is 35.5. The lowest BCUT2D eigenvalue weighted by molar-refractivity contribution is -0.134. The van der Waals surface area contributed by atoms with Crippen LogP contribution in [0.4, 0.5) is 13.2 Å². The molecule has 1 atom stereocenters. The molecule has 0 bridgehead atoms. The van der Waals surface area contributed by atoms with Gasteiger partial charge in [0.2, 0.25) is 10.0 Å². The molecule has 0 saturated carbocycles. The SMILES string of the molecule is CC(CCl)CCCNS(=O)(=O)CCCC(F)(F)F. The zero-order valence-electron chi connectivity index (χ0n) is 10.3. The summed E-state index contributed by atoms with van der Waals surface area (Å²) in [5, 5.41) is 0. The number of sulfonamides is 1. The van der Waals surface area contributed by atoms with Crippen LogP contribution < -0.4 is 4.72 Å². The predicted octanol–water partition coefficient (Wildman–Crippen LogP) is 2.90. The standard InChI is InChI=1S/C10H19ClF3NO2S/c1-9(8-11)4-2-6-15-18(16,17)7-3-5-10(12,13)14/h9,15H,2-8H2,1H3. The average molecular weight is 310 g/mol. The normalized spacial score (nSPS) is 14.7. The third-order valence-corrected chi connectivity index (χ3v) is 4.33. The molecule has 0 aliphatic carbocycles. The maximum absolute atomic E-state index is 11.8. The second-order valence-electron chi connectivity index (χ2n) is 4.33. The fraction of sp³-hybridized carbons (Fsp3) is 1.00. The summed E-state index contributed by atoms with van der Waals surface area (Å²) in [4.78, 5) is 0. The lowest BCUT2D eigenvalue weighted by Crippen LogP contribution is -2.28. The van der Waals surface area contributed by atoms with E-state index in [1.807, 2.05) is 6.92 Å². The van der Waals surface area contributed by atoms with E-state index in [9.17, 15) is 21.6 Å². The van der Waals surface area contributed by atoms with Crippen LogP contribution in [-0.2, 0) is 10.0 Å². The number of alkyl halides is 4. The first-order valence-electron chi connectivity index (χ1n) is 5.76. The van der Waals surface area contributed by atoms with Crippen molar-refractivity contribution >= 4 is 21.6 Å². The van der Waals surface area contributed by atoms with E-state index >= 15 is 0 Å². The molecule has 110 valence electrons. The van der Waals surface area contributed by atoms with E-state index in [4.69, 9.17) is 11.6 Å². The maximum Gasteiger partial charge on any atom is 0.389 e. The zero-order chi connectivity index (χ0) is 14.2. The average Bonchev–Trinajstić information content (AvgIpc) is 2.21. The summed E-state index contributed by atoms with van der Waals surface area (Å²) in [7, 11) is -3.59. The van der Waals surface area contributed by atoms with Crippen LogP contribution in [0, 0.1) is 5.92 Å². The van der Waals surface area contributed by atoms with Crippen molar-refractivity contribution in [1.29, 1.82) is 0 Å². The van der Waals surface area contributed by atoms with Gasteiger partial charge in [0.15, 0.2) is 0 Å². The number of rotatable bonds is 9. The molecule has 0 aromatic carbocycles. The highest BCUT2D eigenvalue weighted by Gasteiger charge is 2.27. The fourth-order valence-corrected chi connectivity index (χ4v) is 2.57. The molecule has 0 aliphatic rings. The minimum Gasteiger partial charge on any atom is -0.215 e. The first kappa shape index (κ1) is 18.0. The highest BCUT2D eigenvalue weighted by molar-refractivity contribution is 7.89. The topological polar surface area (TPSA) is 46.2 Å². The molecule has 0 radical (unpaired) electrons. The highest BCUT2D eigenvalue weighted by Crippen LogP contribution is 2.21. The van der Waals surface area contributed by atoms with Crippen molar-refractivity contribution < 1.29 is 21.6 Å². The van der Waals surface area contributed by atoms with Gasteiger partial charge in [0.1, 0.15) is 0 Å². The molecule has 0 rings (SSSR count). The summed E-state index contributed by atoms with van der Waals surface area (Å²) in [5.74, 6) is 0.331. The van der Waals surface area contributed by atoms with Crippen LogP contribution in [-0.4, -0.2) is 32.8 Å². The Bertz CT molecular complexity index is 320. The second kappa shape index (κ2) is 8.22. The lowest BCUT2D eigenvalue weighted by Gasteiger charge is -2.09. The summed E-state index contributed by atoms with van der Waals surface area (Å²) in [6, 6.07) is 0. The van der Waals surface area contributed by atoms with Crippen molar-refractivity contribution in [1.82, 2.24) is 4.72 Å². The summed E-state index contributed by atoms with van der Waals surface area (Å²) in [6.45, 7) is 2.19. The molecule has 0 aromatic heterocycles. The van der Waals surface area contributed by atoms with Crippen LogP contribution in [0.5, 0.6) is 0 Å². The van der Waals surface area contributed by atoms with E-state index in [-0.39, 0.29) is 6.54 Å². The van der Waals surface area contributed by atoms with Crippen LogP contribution in [0.3, 0.4) is 0 Å². The van der Waals surface area contributed by atoms with Gasteiger partial charge in [-0.1, -0.05) is 6.92 Å². The van der Waals surface area contributed by atoms with E-state index < -0.39 is 34.8 Å². The van der Waals surface area contributed by atoms with Crippen molar-refractivity contribution in [3.05, 3.63) is 0 Å². The van der Waals surface area contributed by atoms with Crippen molar-refractivity contribution in [2.45, 2.75) is 38.8 Å². The van der Waals surface area contributed by atoms with Gasteiger partial charge in [0.25, 0.3) is 0 Å². The zero-order valence-corrected chi connectivity index (χ0v) is 11.8. The minimum atomic E-state index is -4.30. The molecule has 0 heterocycles. The van der Waals surface area contributed by atoms with Crippen LogP contribution in [0.25, 0.3) is 0 Å². The Morgan fingerprint density at radius 3 is 2.39 bits per heavy atom. The lowest BCUT2D eigenvalue weighted by atomic mass is 10.1. The van der Waals surface area contributed by atoms with Gasteiger partial charge in [-0.3, -0.25) is 0 Å². The first-order valence-corrected chi connectivity index (χ1v) is 7.95. The molecule has 0 aliphatic heterocycles. The van der Waals surface area contributed by atoms with Crippen molar-refractivity contribution in [2.24, 2.45) is 5.92 Å². The van der Waals surface area contributed by atoms with Gasteiger partial charge in [-0.25, -0.2) is 13.1 Å². The third kappa shape index (κ3) is 11.1. The van der Waals surface area contributed by atoms with Gasteiger partial charge < -0.3 is 0 Å². The predicted molar refractivity (Wildman–Crippen MR) is 66.2 cm³/mol. The number of nitrogens with one attached hydrogen (secondary N) is 1. The molecular formula is C10H19ClF3NO2S. The Morgan fingerprint density at radius 2 is 1.89 bits per heavy atom. The van der Waals surface area contributed by atoms with Crippen molar-refractivity contribution in [2.75, 3.05) is 18.2 Å². The fourth-order valence-electron chi connectivity index (χ4n) is 1.29. The third-order valence-electron chi connectivity index (χ3n) is 2.33. The molecule has 0 spiro atoms. The Kier molecular flexibility index (Phi) is 8.21. The number of hydrogen-bond acceptors (Lipinski definition) is 2. The van der Waals surface area contributed by atoms with Crippen molar-refractivity contribution in [3.8, 4) is 0 Å². The largest absolute Gasteiger partial charge is 0.389 e. The van der Waals surface area contributed by atoms with E-state index in [1.54, 1.807) is 0 Å². The van der Waals surface area contributed by atoms with E-state index in [2.05, 4.69) is 4.72 Å². The number of hydrogen-bond donors (Lipinski definition) is 1. The number of halogens is 4. The van der Waals surface area contributed by atoms with E-state index in [0.29, 0.717) is 18.2 Å². The Balaban J connectivity index is 3.75. The van der Waals surface area contributed by atoms with Gasteiger partial charge in [-0.15, -0.1) is 11.6 Å². The van der Waals surface area contributed by atoms with Gasteiger partial charge in [-0.05, 0) is 25.2 Å². The summed E-state index contributed by atoms with van der Waals surface area (Å²) in [6.07, 6.45) is -4.36. The summed E-state index contributed by atoms with van der Waals surface area (Å²) in [5.41, 5.74) is 0. The quantitative estimate of drug-likeness (QED) is 0.526. The van der Waals surface area contributed by atoms with Crippen LogP contribution in [0.2, 0.25) is 0 Å². The summed E-state index contributed by atoms with van der Waals surface area (Å²) >= 11 is 5.59. The van der Waals surface area contributed by atoms with Crippen molar-refractivity contribution in [3.63, 3.8) is 0 Å². The van der Waals surface area contributed by atoms with Crippen LogP contribution in [0.15, 0.2) is 0 Å². The van der Waals surface area contributed by atoms with E-state index in [1.165, 1.54) is 0 Å². The van der Waals surface area contributed by atoms with Crippen LogP contribution in [0.1, 0.15) is 32.6 Å². The molecule has 18 heavy (non-hydrogen) atoms. The smallest absolute Gasteiger partial charge is 0.215 e. The molecule has 0 saturated heterocycles. The molecule has 3 nitrogen and oxygen atoms in total. The molecule has 0 amide bonds. The summed E-state index contributed by atoms with van der Waals surface area (Å²) < 4.78 is 60.5. The molecule has 1 N–H and O–H groups in total. The van der Waals surface area contributed by atoms with E-state index in [0.717, 1.165) is 6.42 Å². The minimum absolute atomic E-state index is 0.246. The Hall–Kier alpha value is -0.0100. The molecular weight excluding hydrogens is 291 g/mol. The molecule has 0 fully saturated rings. The Labute approximate surface area is 111 Å². The van der Waals surface area contributed by atoms with Gasteiger partial charge >= 0.3 is 6.18 Å². The first-order chi connectivity index (χ1) is 8.16. The maximum atomic E-state index is 11.8.